The minimum absolute atomic E-state index is 0.0326. The van der Waals surface area contributed by atoms with Gasteiger partial charge in [0.25, 0.3) is 5.91 Å². The van der Waals surface area contributed by atoms with Crippen molar-refractivity contribution in [1.82, 2.24) is 9.88 Å². The summed E-state index contributed by atoms with van der Waals surface area (Å²) in [5, 5.41) is 9.63. The van der Waals surface area contributed by atoms with Crippen LogP contribution in [0, 0.1) is 11.3 Å². The topological polar surface area (TPSA) is 79.7 Å². The fourth-order valence-electron chi connectivity index (χ4n) is 3.76. The molecule has 1 amide bonds. The summed E-state index contributed by atoms with van der Waals surface area (Å²) in [5.41, 5.74) is -0.554. The van der Waals surface area contributed by atoms with Crippen molar-refractivity contribution in [2.24, 2.45) is 11.3 Å². The number of carbonyl (C=O) groups is 2. The van der Waals surface area contributed by atoms with Gasteiger partial charge in [-0.05, 0) is 30.9 Å². The van der Waals surface area contributed by atoms with Gasteiger partial charge in [-0.1, -0.05) is 19.1 Å². The molecule has 2 fully saturated rings. The summed E-state index contributed by atoms with van der Waals surface area (Å²) >= 11 is 0. The van der Waals surface area contributed by atoms with Crippen molar-refractivity contribution in [3.8, 4) is 5.75 Å². The van der Waals surface area contributed by atoms with Gasteiger partial charge in [-0.3, -0.25) is 9.59 Å². The summed E-state index contributed by atoms with van der Waals surface area (Å²) in [7, 11) is 0. The van der Waals surface area contributed by atoms with Gasteiger partial charge in [0, 0.05) is 19.3 Å². The molecule has 0 radical (unpaired) electrons. The highest BCUT2D eigenvalue weighted by atomic mass is 16.5. The number of hydrogen-bond donors (Lipinski definition) is 1. The van der Waals surface area contributed by atoms with Crippen molar-refractivity contribution in [2.75, 3.05) is 19.7 Å². The molecule has 1 N–H and O–H groups in total. The van der Waals surface area contributed by atoms with Crippen molar-refractivity contribution in [1.29, 1.82) is 0 Å². The molecule has 23 heavy (non-hydrogen) atoms. The van der Waals surface area contributed by atoms with Gasteiger partial charge in [0.05, 0.1) is 5.41 Å². The number of pyridine rings is 1. The normalized spacial score (nSPS) is 25.9. The van der Waals surface area contributed by atoms with Gasteiger partial charge in [-0.25, -0.2) is 4.98 Å². The Morgan fingerprint density at radius 2 is 2.39 bits per heavy atom. The standard InChI is InChI=1S/C17H20N2O4/c1-2-9-23-13-6-4-8-18-14(13)15(20)19-10-12-5-3-7-17(12,11-19)16(21)22/h2,4,6,8,12H,1,3,5,7,9-11H2,(H,21,22)/t12-,17+/m0/s1. The van der Waals surface area contributed by atoms with Crippen LogP contribution in [0.4, 0.5) is 0 Å². The van der Waals surface area contributed by atoms with E-state index in [1.807, 2.05) is 0 Å². The number of hydrogen-bond acceptors (Lipinski definition) is 4. The third-order valence-corrected chi connectivity index (χ3v) is 4.91. The van der Waals surface area contributed by atoms with Crippen LogP contribution in [0.2, 0.25) is 0 Å². The first-order chi connectivity index (χ1) is 11.1. The van der Waals surface area contributed by atoms with Gasteiger partial charge >= 0.3 is 5.97 Å². The molecule has 0 spiro atoms. The second kappa shape index (κ2) is 6.02. The van der Waals surface area contributed by atoms with Crippen LogP contribution in [-0.2, 0) is 4.79 Å². The van der Waals surface area contributed by atoms with Crippen LogP contribution in [0.3, 0.4) is 0 Å². The molecule has 122 valence electrons. The lowest BCUT2D eigenvalue weighted by molar-refractivity contribution is -0.149. The molecule has 1 aliphatic heterocycles. The zero-order chi connectivity index (χ0) is 16.4. The molecule has 0 aromatic carbocycles. The van der Waals surface area contributed by atoms with Crippen LogP contribution in [0.25, 0.3) is 0 Å². The number of fused-ring (bicyclic) bond motifs is 1. The Bertz CT molecular complexity index is 645. The highest BCUT2D eigenvalue weighted by Gasteiger charge is 2.56. The Labute approximate surface area is 134 Å². The first-order valence-corrected chi connectivity index (χ1v) is 7.80. The molecule has 0 unspecified atom stereocenters. The van der Waals surface area contributed by atoms with Crippen molar-refractivity contribution in [2.45, 2.75) is 19.3 Å². The third kappa shape index (κ3) is 2.58. The zero-order valence-electron chi connectivity index (χ0n) is 12.9. The van der Waals surface area contributed by atoms with Crippen molar-refractivity contribution in [3.63, 3.8) is 0 Å². The van der Waals surface area contributed by atoms with Crippen molar-refractivity contribution >= 4 is 11.9 Å². The van der Waals surface area contributed by atoms with Gasteiger partial charge in [0.2, 0.25) is 0 Å². The van der Waals surface area contributed by atoms with E-state index in [1.165, 1.54) is 6.20 Å². The molecule has 3 rings (SSSR count). The SMILES string of the molecule is C=CCOc1cccnc1C(=O)N1C[C@@H]2CCC[C@@]2(C(=O)O)C1. The van der Waals surface area contributed by atoms with E-state index in [4.69, 9.17) is 4.74 Å². The number of carbonyl (C=O) groups excluding carboxylic acids is 1. The van der Waals surface area contributed by atoms with Crippen LogP contribution < -0.4 is 4.74 Å². The number of aliphatic carboxylic acids is 1. The van der Waals surface area contributed by atoms with Crippen LogP contribution in [0.15, 0.2) is 31.0 Å². The lowest BCUT2D eigenvalue weighted by Gasteiger charge is -2.23. The first kappa shape index (κ1) is 15.5. The Balaban J connectivity index is 1.83. The number of aromatic nitrogens is 1. The molecule has 1 aromatic heterocycles. The van der Waals surface area contributed by atoms with E-state index in [1.54, 1.807) is 23.1 Å². The lowest BCUT2D eigenvalue weighted by Crippen LogP contribution is -2.37. The molecule has 1 saturated heterocycles. The smallest absolute Gasteiger partial charge is 0.311 e. The van der Waals surface area contributed by atoms with Gasteiger partial charge in [-0.15, -0.1) is 0 Å². The average molecular weight is 316 g/mol. The predicted octanol–water partition coefficient (Wildman–Crippen LogP) is 1.97. The van der Waals surface area contributed by atoms with Crippen molar-refractivity contribution < 1.29 is 19.4 Å². The minimum Gasteiger partial charge on any atom is -0.487 e. The molecule has 1 aromatic rings. The first-order valence-electron chi connectivity index (χ1n) is 7.80. The van der Waals surface area contributed by atoms with E-state index in [-0.39, 0.29) is 30.7 Å². The monoisotopic (exact) mass is 316 g/mol. The molecule has 1 saturated carbocycles. The van der Waals surface area contributed by atoms with Gasteiger partial charge in [0.15, 0.2) is 11.4 Å². The van der Waals surface area contributed by atoms with E-state index >= 15 is 0 Å². The molecular formula is C17H20N2O4. The highest BCUT2D eigenvalue weighted by molar-refractivity contribution is 5.95. The fraction of sp³-hybridized carbons (Fsp3) is 0.471. The summed E-state index contributed by atoms with van der Waals surface area (Å²) in [6.45, 7) is 4.60. The third-order valence-electron chi connectivity index (χ3n) is 4.91. The second-order valence-corrected chi connectivity index (χ2v) is 6.19. The van der Waals surface area contributed by atoms with E-state index < -0.39 is 11.4 Å². The van der Waals surface area contributed by atoms with E-state index in [0.29, 0.717) is 18.7 Å². The van der Waals surface area contributed by atoms with Crippen LogP contribution >= 0.6 is 0 Å². The summed E-state index contributed by atoms with van der Waals surface area (Å²) in [6.07, 6.45) is 5.55. The quantitative estimate of drug-likeness (QED) is 0.840. The number of rotatable bonds is 5. The maximum absolute atomic E-state index is 12.8. The maximum atomic E-state index is 12.8. The number of nitrogens with zero attached hydrogens (tertiary/aromatic N) is 2. The second-order valence-electron chi connectivity index (χ2n) is 6.19. The summed E-state index contributed by atoms with van der Waals surface area (Å²) in [5.74, 6) is -0.622. The molecule has 6 heteroatoms. The molecule has 1 aliphatic carbocycles. The van der Waals surface area contributed by atoms with Crippen molar-refractivity contribution in [3.05, 3.63) is 36.7 Å². The minimum atomic E-state index is -0.792. The Hall–Kier alpha value is -2.37. The molecule has 2 aliphatic rings. The average Bonchev–Trinajstić information content (AvgIpc) is 3.10. The van der Waals surface area contributed by atoms with Crippen LogP contribution in [0.1, 0.15) is 29.8 Å². The number of likely N-dealkylation sites (tertiary alicyclic amines) is 1. The Kier molecular flexibility index (Phi) is 4.07. The lowest BCUT2D eigenvalue weighted by atomic mass is 9.81. The number of amides is 1. The summed E-state index contributed by atoms with van der Waals surface area (Å²) < 4.78 is 5.49. The van der Waals surface area contributed by atoms with Gasteiger partial charge in [0.1, 0.15) is 6.61 Å². The molecular weight excluding hydrogens is 296 g/mol. The Morgan fingerprint density at radius 1 is 1.57 bits per heavy atom. The van der Waals surface area contributed by atoms with Crippen LogP contribution in [0.5, 0.6) is 5.75 Å². The van der Waals surface area contributed by atoms with Crippen LogP contribution in [-0.4, -0.2) is 46.6 Å². The summed E-state index contributed by atoms with van der Waals surface area (Å²) in [4.78, 5) is 30.3. The van der Waals surface area contributed by atoms with E-state index in [9.17, 15) is 14.7 Å². The predicted molar refractivity (Wildman–Crippen MR) is 83.2 cm³/mol. The summed E-state index contributed by atoms with van der Waals surface area (Å²) in [6, 6.07) is 3.39. The molecule has 2 heterocycles. The van der Waals surface area contributed by atoms with E-state index in [0.717, 1.165) is 12.8 Å². The number of carboxylic acids is 1. The molecule has 0 bridgehead atoms. The molecule has 2 atom stereocenters. The highest BCUT2D eigenvalue weighted by Crippen LogP contribution is 2.49. The number of ether oxygens (including phenoxy) is 1. The largest absolute Gasteiger partial charge is 0.487 e. The number of carboxylic acid groups (broad SMARTS) is 1. The fourth-order valence-corrected chi connectivity index (χ4v) is 3.76. The van der Waals surface area contributed by atoms with Gasteiger partial charge in [-0.2, -0.15) is 0 Å². The molecule has 6 nitrogen and oxygen atoms in total. The van der Waals surface area contributed by atoms with Gasteiger partial charge < -0.3 is 14.7 Å². The Morgan fingerprint density at radius 3 is 3.09 bits per heavy atom. The van der Waals surface area contributed by atoms with E-state index in [2.05, 4.69) is 11.6 Å². The maximum Gasteiger partial charge on any atom is 0.311 e. The zero-order valence-corrected chi connectivity index (χ0v) is 12.9.